The fourth-order valence-electron chi connectivity index (χ4n) is 3.43. The third-order valence-electron chi connectivity index (χ3n) is 5.13. The normalized spacial score (nSPS) is 15.6. The lowest BCUT2D eigenvalue weighted by Gasteiger charge is -2.34. The first-order valence-electron chi connectivity index (χ1n) is 10.9. The number of unbranched alkanes of at least 4 members (excludes halogenated alkanes) is 1. The van der Waals surface area contributed by atoms with Crippen molar-refractivity contribution in [2.24, 2.45) is 4.99 Å². The molecule has 0 spiro atoms. The van der Waals surface area contributed by atoms with Gasteiger partial charge in [0, 0.05) is 44.8 Å². The summed E-state index contributed by atoms with van der Waals surface area (Å²) in [4.78, 5) is 9.85. The number of nitrogens with one attached hydrogen (secondary N) is 2. The summed E-state index contributed by atoms with van der Waals surface area (Å²) in [6.07, 6.45) is 2.39. The molecule has 7 heteroatoms. The van der Waals surface area contributed by atoms with Gasteiger partial charge < -0.3 is 25.2 Å². The summed E-state index contributed by atoms with van der Waals surface area (Å²) < 4.78 is 5.70. The van der Waals surface area contributed by atoms with Crippen LogP contribution in [0.3, 0.4) is 0 Å². The highest BCUT2D eigenvalue weighted by Gasteiger charge is 2.14. The van der Waals surface area contributed by atoms with Gasteiger partial charge in [-0.2, -0.15) is 0 Å². The lowest BCUT2D eigenvalue weighted by Crippen LogP contribution is -2.46. The van der Waals surface area contributed by atoms with E-state index < -0.39 is 0 Å². The molecule has 1 aliphatic rings. The number of guanidine groups is 1. The van der Waals surface area contributed by atoms with Crippen molar-refractivity contribution in [3.05, 3.63) is 29.8 Å². The second-order valence-corrected chi connectivity index (χ2v) is 7.15. The Hall–Kier alpha value is -1.06. The zero-order valence-corrected chi connectivity index (χ0v) is 20.8. The van der Waals surface area contributed by atoms with Gasteiger partial charge in [0.15, 0.2) is 5.96 Å². The minimum Gasteiger partial charge on any atom is -0.494 e. The standard InChI is InChI=1S/C22H39N5O.HI/c1-4-23-22(25-19-20-11-7-8-12-21(20)28-6-3)24-13-9-10-14-27-17-15-26(5-2)16-18-27;/h7-8,11-12H,4-6,9-10,13-19H2,1-3H3,(H2,23,24,25);1H. The number of hydrogen-bond donors (Lipinski definition) is 2. The smallest absolute Gasteiger partial charge is 0.191 e. The summed E-state index contributed by atoms with van der Waals surface area (Å²) in [5.74, 6) is 1.80. The van der Waals surface area contributed by atoms with E-state index in [1.54, 1.807) is 0 Å². The van der Waals surface area contributed by atoms with Crippen molar-refractivity contribution in [1.29, 1.82) is 0 Å². The topological polar surface area (TPSA) is 52.1 Å². The van der Waals surface area contributed by atoms with Crippen molar-refractivity contribution in [3.8, 4) is 5.75 Å². The van der Waals surface area contributed by atoms with Gasteiger partial charge in [-0.15, -0.1) is 24.0 Å². The summed E-state index contributed by atoms with van der Waals surface area (Å²) in [7, 11) is 0. The second kappa shape index (κ2) is 15.7. The number of benzene rings is 1. The molecule has 0 saturated carbocycles. The number of halogens is 1. The second-order valence-electron chi connectivity index (χ2n) is 7.15. The summed E-state index contributed by atoms with van der Waals surface area (Å²) in [5, 5.41) is 6.81. The van der Waals surface area contributed by atoms with Crippen LogP contribution in [0.25, 0.3) is 0 Å². The lowest BCUT2D eigenvalue weighted by molar-refractivity contribution is 0.136. The maximum absolute atomic E-state index is 5.70. The third-order valence-corrected chi connectivity index (χ3v) is 5.13. The molecule has 2 rings (SSSR count). The largest absolute Gasteiger partial charge is 0.494 e. The van der Waals surface area contributed by atoms with Gasteiger partial charge in [-0.05, 0) is 45.8 Å². The van der Waals surface area contributed by atoms with Crippen LogP contribution < -0.4 is 15.4 Å². The van der Waals surface area contributed by atoms with Crippen molar-refractivity contribution in [1.82, 2.24) is 20.4 Å². The van der Waals surface area contributed by atoms with E-state index in [0.717, 1.165) is 36.8 Å². The van der Waals surface area contributed by atoms with Crippen LogP contribution in [0.15, 0.2) is 29.3 Å². The number of para-hydroxylation sites is 1. The van der Waals surface area contributed by atoms with Crippen molar-refractivity contribution in [2.75, 3.05) is 59.0 Å². The zero-order chi connectivity index (χ0) is 20.0. The Balaban J connectivity index is 0.00000420. The molecule has 0 aromatic heterocycles. The first-order valence-corrected chi connectivity index (χ1v) is 10.9. The molecule has 2 N–H and O–H groups in total. The quantitative estimate of drug-likeness (QED) is 0.205. The Labute approximate surface area is 194 Å². The number of ether oxygens (including phenoxy) is 1. The van der Waals surface area contributed by atoms with E-state index in [4.69, 9.17) is 9.73 Å². The Morgan fingerprint density at radius 1 is 1.00 bits per heavy atom. The van der Waals surface area contributed by atoms with Crippen molar-refractivity contribution in [2.45, 2.75) is 40.2 Å². The number of piperazine rings is 1. The Kier molecular flexibility index (Phi) is 14.1. The van der Waals surface area contributed by atoms with Gasteiger partial charge in [0.05, 0.1) is 13.2 Å². The fraction of sp³-hybridized carbons (Fsp3) is 0.682. The van der Waals surface area contributed by atoms with E-state index >= 15 is 0 Å². The van der Waals surface area contributed by atoms with Gasteiger partial charge in [-0.1, -0.05) is 25.1 Å². The average Bonchev–Trinajstić information content (AvgIpc) is 2.73. The summed E-state index contributed by atoms with van der Waals surface area (Å²) >= 11 is 0. The monoisotopic (exact) mass is 517 g/mol. The van der Waals surface area contributed by atoms with E-state index in [2.05, 4.69) is 40.3 Å². The van der Waals surface area contributed by atoms with Gasteiger partial charge in [0.1, 0.15) is 5.75 Å². The molecule has 0 aliphatic carbocycles. The number of rotatable bonds is 11. The zero-order valence-electron chi connectivity index (χ0n) is 18.5. The molecule has 0 atom stereocenters. The minimum atomic E-state index is 0. The molecule has 166 valence electrons. The highest BCUT2D eigenvalue weighted by molar-refractivity contribution is 14.0. The van der Waals surface area contributed by atoms with Crippen LogP contribution >= 0.6 is 24.0 Å². The molecule has 29 heavy (non-hydrogen) atoms. The molecular formula is C22H40IN5O. The molecule has 0 amide bonds. The van der Waals surface area contributed by atoms with E-state index in [1.165, 1.54) is 45.7 Å². The minimum absolute atomic E-state index is 0. The molecule has 1 aromatic carbocycles. The first-order chi connectivity index (χ1) is 13.8. The van der Waals surface area contributed by atoms with Crippen LogP contribution in [0, 0.1) is 0 Å². The maximum Gasteiger partial charge on any atom is 0.191 e. The van der Waals surface area contributed by atoms with Crippen LogP contribution in [0.5, 0.6) is 5.75 Å². The lowest BCUT2D eigenvalue weighted by atomic mass is 10.2. The van der Waals surface area contributed by atoms with E-state index in [-0.39, 0.29) is 24.0 Å². The maximum atomic E-state index is 5.70. The van der Waals surface area contributed by atoms with Crippen LogP contribution in [0.2, 0.25) is 0 Å². The summed E-state index contributed by atoms with van der Waals surface area (Å²) in [6, 6.07) is 8.13. The van der Waals surface area contributed by atoms with Gasteiger partial charge in [-0.25, -0.2) is 4.99 Å². The van der Waals surface area contributed by atoms with Crippen molar-refractivity contribution >= 4 is 29.9 Å². The fourth-order valence-corrected chi connectivity index (χ4v) is 3.43. The predicted molar refractivity (Wildman–Crippen MR) is 134 cm³/mol. The number of likely N-dealkylation sites (N-methyl/N-ethyl adjacent to an activating group) is 1. The van der Waals surface area contributed by atoms with E-state index in [9.17, 15) is 0 Å². The highest BCUT2D eigenvalue weighted by Crippen LogP contribution is 2.18. The number of hydrogen-bond acceptors (Lipinski definition) is 4. The first kappa shape index (κ1) is 26.0. The molecule has 6 nitrogen and oxygen atoms in total. The molecule has 1 aromatic rings. The molecule has 0 radical (unpaired) electrons. The SMILES string of the molecule is CCNC(=NCc1ccccc1OCC)NCCCCN1CCN(CC)CC1.I. The van der Waals surface area contributed by atoms with Gasteiger partial charge in [-0.3, -0.25) is 0 Å². The summed E-state index contributed by atoms with van der Waals surface area (Å²) in [5.41, 5.74) is 1.12. The molecule has 1 heterocycles. The summed E-state index contributed by atoms with van der Waals surface area (Å²) in [6.45, 7) is 16.7. The Bertz CT molecular complexity index is 576. The predicted octanol–water partition coefficient (Wildman–Crippen LogP) is 3.18. The third kappa shape index (κ3) is 10.00. The molecule has 0 unspecified atom stereocenters. The van der Waals surface area contributed by atoms with Gasteiger partial charge in [0.2, 0.25) is 0 Å². The van der Waals surface area contributed by atoms with Gasteiger partial charge in [0.25, 0.3) is 0 Å². The van der Waals surface area contributed by atoms with Crippen molar-refractivity contribution < 1.29 is 4.74 Å². The molecule has 0 bridgehead atoms. The highest BCUT2D eigenvalue weighted by atomic mass is 127. The van der Waals surface area contributed by atoms with Crippen LogP contribution in [-0.4, -0.2) is 74.7 Å². The van der Waals surface area contributed by atoms with Crippen molar-refractivity contribution in [3.63, 3.8) is 0 Å². The van der Waals surface area contributed by atoms with Crippen LogP contribution in [-0.2, 0) is 6.54 Å². The van der Waals surface area contributed by atoms with Gasteiger partial charge >= 0.3 is 0 Å². The van der Waals surface area contributed by atoms with E-state index in [1.807, 2.05) is 25.1 Å². The molecular weight excluding hydrogens is 477 g/mol. The Morgan fingerprint density at radius 3 is 2.41 bits per heavy atom. The molecule has 1 fully saturated rings. The molecule has 1 aliphatic heterocycles. The van der Waals surface area contributed by atoms with E-state index in [0.29, 0.717) is 13.2 Å². The molecule has 1 saturated heterocycles. The van der Waals surface area contributed by atoms with Crippen LogP contribution in [0.1, 0.15) is 39.2 Å². The average molecular weight is 518 g/mol. The van der Waals surface area contributed by atoms with Crippen LogP contribution in [0.4, 0.5) is 0 Å². The number of nitrogens with zero attached hydrogens (tertiary/aromatic N) is 3. The Morgan fingerprint density at radius 2 is 1.72 bits per heavy atom. The number of aliphatic imine (C=N–C) groups is 1.